The molecule has 0 aromatic heterocycles. The summed E-state index contributed by atoms with van der Waals surface area (Å²) >= 11 is 0. The summed E-state index contributed by atoms with van der Waals surface area (Å²) in [6, 6.07) is 4.15. The first kappa shape index (κ1) is 17.3. The second-order valence-electron chi connectivity index (χ2n) is 4.90. The summed E-state index contributed by atoms with van der Waals surface area (Å²) in [6.07, 6.45) is 1.71. The number of carboxylic acid groups (broad SMARTS) is 1. The molecular weight excluding hydrogens is 270 g/mol. The van der Waals surface area contributed by atoms with E-state index in [2.05, 4.69) is 0 Å². The van der Waals surface area contributed by atoms with Gasteiger partial charge in [0, 0.05) is 5.56 Å². The van der Waals surface area contributed by atoms with E-state index in [0.717, 1.165) is 12.8 Å². The van der Waals surface area contributed by atoms with Gasteiger partial charge in [0.05, 0.1) is 6.61 Å². The number of hydrogen-bond donors (Lipinski definition) is 2. The fourth-order valence-electron chi connectivity index (χ4n) is 2.46. The summed E-state index contributed by atoms with van der Waals surface area (Å²) in [5.74, 6) is -0.709. The van der Waals surface area contributed by atoms with E-state index in [4.69, 9.17) is 4.74 Å². The number of ether oxygens (including phenoxy) is 1. The van der Waals surface area contributed by atoms with Crippen LogP contribution in [0.1, 0.15) is 45.2 Å². The van der Waals surface area contributed by atoms with Gasteiger partial charge in [0.25, 0.3) is 0 Å². The van der Waals surface area contributed by atoms with Gasteiger partial charge in [-0.2, -0.15) is 0 Å². The van der Waals surface area contributed by atoms with Gasteiger partial charge in [-0.25, -0.2) is 0 Å². The van der Waals surface area contributed by atoms with Gasteiger partial charge in [-0.1, -0.05) is 26.0 Å². The molecule has 0 aliphatic rings. The van der Waals surface area contributed by atoms with Crippen LogP contribution in [0, 0.1) is 0 Å². The molecular formula is C16H25NO4. The zero-order valence-electron chi connectivity index (χ0n) is 13.0. The van der Waals surface area contributed by atoms with E-state index in [1.165, 1.54) is 0 Å². The summed E-state index contributed by atoms with van der Waals surface area (Å²) in [4.78, 5) is 13.6. The van der Waals surface area contributed by atoms with Gasteiger partial charge >= 0.3 is 5.97 Å². The minimum atomic E-state index is -0.958. The van der Waals surface area contributed by atoms with Crippen LogP contribution in [0.15, 0.2) is 18.2 Å². The third kappa shape index (κ3) is 4.36. The smallest absolute Gasteiger partial charge is 0.325 e. The lowest BCUT2D eigenvalue weighted by Gasteiger charge is -2.29. The molecule has 1 aromatic rings. The first-order chi connectivity index (χ1) is 10.1. The molecule has 2 N–H and O–H groups in total. The van der Waals surface area contributed by atoms with Gasteiger partial charge in [-0.3, -0.25) is 9.69 Å². The molecule has 1 rings (SSSR count). The minimum absolute atomic E-state index is 0.0797. The largest absolute Gasteiger partial charge is 0.504 e. The molecule has 1 aromatic carbocycles. The van der Waals surface area contributed by atoms with Crippen molar-refractivity contribution in [2.24, 2.45) is 0 Å². The maximum Gasteiger partial charge on any atom is 0.325 e. The predicted molar refractivity (Wildman–Crippen MR) is 81.8 cm³/mol. The number of nitrogens with zero attached hydrogens (tertiary/aromatic N) is 1. The Hall–Kier alpha value is -1.75. The van der Waals surface area contributed by atoms with Crippen LogP contribution < -0.4 is 4.74 Å². The topological polar surface area (TPSA) is 70.0 Å². The number of para-hydroxylation sites is 1. The number of phenols is 1. The molecule has 0 saturated carbocycles. The molecule has 0 heterocycles. The Morgan fingerprint density at radius 1 is 1.24 bits per heavy atom. The van der Waals surface area contributed by atoms with Crippen molar-refractivity contribution in [3.63, 3.8) is 0 Å². The van der Waals surface area contributed by atoms with Crippen molar-refractivity contribution in [2.75, 3.05) is 19.7 Å². The molecule has 0 aliphatic heterocycles. The third-order valence-electron chi connectivity index (χ3n) is 3.25. The van der Waals surface area contributed by atoms with Crippen LogP contribution in [0.3, 0.4) is 0 Å². The standard InChI is InChI=1S/C16H25NO4/c1-4-10-17(11-5-2)14(16(19)20)12-8-7-9-13(15(12)18)21-6-3/h7-9,14,18H,4-6,10-11H2,1-3H3,(H,19,20). The van der Waals surface area contributed by atoms with Crippen molar-refractivity contribution in [3.8, 4) is 11.5 Å². The van der Waals surface area contributed by atoms with Crippen molar-refractivity contribution in [1.29, 1.82) is 0 Å². The summed E-state index contributed by atoms with van der Waals surface area (Å²) in [5.41, 5.74) is 0.385. The minimum Gasteiger partial charge on any atom is -0.504 e. The van der Waals surface area contributed by atoms with E-state index < -0.39 is 12.0 Å². The van der Waals surface area contributed by atoms with Crippen molar-refractivity contribution in [2.45, 2.75) is 39.7 Å². The highest BCUT2D eigenvalue weighted by Crippen LogP contribution is 2.36. The summed E-state index contributed by atoms with van der Waals surface area (Å²) in [6.45, 7) is 7.60. The Balaban J connectivity index is 3.21. The van der Waals surface area contributed by atoms with Gasteiger partial charge in [0.2, 0.25) is 0 Å². The number of hydrogen-bond acceptors (Lipinski definition) is 4. The maximum atomic E-state index is 11.7. The van der Waals surface area contributed by atoms with Crippen LogP contribution in [0.4, 0.5) is 0 Å². The lowest BCUT2D eigenvalue weighted by atomic mass is 10.0. The number of aliphatic carboxylic acids is 1. The average Bonchev–Trinajstić information content (AvgIpc) is 2.43. The highest BCUT2D eigenvalue weighted by Gasteiger charge is 2.29. The van der Waals surface area contributed by atoms with Gasteiger partial charge in [-0.05, 0) is 38.9 Å². The van der Waals surface area contributed by atoms with Crippen LogP contribution in [0.5, 0.6) is 11.5 Å². The van der Waals surface area contributed by atoms with Gasteiger partial charge in [0.15, 0.2) is 11.5 Å². The Bertz CT molecular complexity index is 456. The number of phenolic OH excluding ortho intramolecular Hbond substituents is 1. The molecule has 1 unspecified atom stereocenters. The molecule has 0 bridgehead atoms. The quantitative estimate of drug-likeness (QED) is 0.733. The zero-order valence-corrected chi connectivity index (χ0v) is 13.0. The van der Waals surface area contributed by atoms with Gasteiger partial charge < -0.3 is 14.9 Å². The molecule has 0 amide bonds. The van der Waals surface area contributed by atoms with E-state index in [-0.39, 0.29) is 5.75 Å². The lowest BCUT2D eigenvalue weighted by molar-refractivity contribution is -0.143. The SMILES string of the molecule is CCCN(CCC)C(C(=O)O)c1cccc(OCC)c1O. The number of carbonyl (C=O) groups is 1. The fourth-order valence-corrected chi connectivity index (χ4v) is 2.46. The molecule has 1 atom stereocenters. The van der Waals surface area contributed by atoms with Crippen LogP contribution in [0.2, 0.25) is 0 Å². The average molecular weight is 295 g/mol. The first-order valence-corrected chi connectivity index (χ1v) is 7.48. The second kappa shape index (κ2) is 8.52. The predicted octanol–water partition coefficient (Wildman–Crippen LogP) is 3.04. The molecule has 0 spiro atoms. The Morgan fingerprint density at radius 3 is 2.33 bits per heavy atom. The molecule has 118 valence electrons. The molecule has 0 aliphatic carbocycles. The molecule has 0 saturated heterocycles. The second-order valence-corrected chi connectivity index (χ2v) is 4.90. The molecule has 21 heavy (non-hydrogen) atoms. The number of aromatic hydroxyl groups is 1. The monoisotopic (exact) mass is 295 g/mol. The first-order valence-electron chi connectivity index (χ1n) is 7.48. The van der Waals surface area contributed by atoms with Crippen LogP contribution in [-0.2, 0) is 4.79 Å². The van der Waals surface area contributed by atoms with Crippen molar-refractivity contribution >= 4 is 5.97 Å². The highest BCUT2D eigenvalue weighted by molar-refractivity contribution is 5.77. The highest BCUT2D eigenvalue weighted by atomic mass is 16.5. The zero-order chi connectivity index (χ0) is 15.8. The number of benzene rings is 1. The molecule has 0 fully saturated rings. The summed E-state index contributed by atoms with van der Waals surface area (Å²) < 4.78 is 5.35. The van der Waals surface area contributed by atoms with Crippen LogP contribution in [0.25, 0.3) is 0 Å². The number of rotatable bonds is 9. The van der Waals surface area contributed by atoms with Gasteiger partial charge in [-0.15, -0.1) is 0 Å². The maximum absolute atomic E-state index is 11.7. The Morgan fingerprint density at radius 2 is 1.86 bits per heavy atom. The van der Waals surface area contributed by atoms with Crippen molar-refractivity contribution < 1.29 is 19.7 Å². The van der Waals surface area contributed by atoms with E-state index in [1.807, 2.05) is 25.7 Å². The van der Waals surface area contributed by atoms with Crippen molar-refractivity contribution in [3.05, 3.63) is 23.8 Å². The normalized spacial score (nSPS) is 12.4. The van der Waals surface area contributed by atoms with Crippen LogP contribution in [-0.4, -0.2) is 40.8 Å². The molecule has 5 heteroatoms. The number of carboxylic acids is 1. The third-order valence-corrected chi connectivity index (χ3v) is 3.25. The summed E-state index contributed by atoms with van der Waals surface area (Å²) in [7, 11) is 0. The van der Waals surface area contributed by atoms with Crippen molar-refractivity contribution in [1.82, 2.24) is 4.90 Å². The van der Waals surface area contributed by atoms with E-state index >= 15 is 0 Å². The lowest BCUT2D eigenvalue weighted by Crippen LogP contribution is -2.35. The Labute approximate surface area is 126 Å². The molecule has 0 radical (unpaired) electrons. The molecule has 5 nitrogen and oxygen atoms in total. The Kier molecular flexibility index (Phi) is 7.02. The fraction of sp³-hybridized carbons (Fsp3) is 0.562. The van der Waals surface area contributed by atoms with E-state index in [9.17, 15) is 15.0 Å². The van der Waals surface area contributed by atoms with Gasteiger partial charge in [0.1, 0.15) is 6.04 Å². The van der Waals surface area contributed by atoms with E-state index in [0.29, 0.717) is 31.0 Å². The van der Waals surface area contributed by atoms with E-state index in [1.54, 1.807) is 18.2 Å². The summed E-state index contributed by atoms with van der Waals surface area (Å²) in [5, 5.41) is 19.9. The van der Waals surface area contributed by atoms with Crippen LogP contribution >= 0.6 is 0 Å².